The molecule has 1 aliphatic rings. The van der Waals surface area contributed by atoms with E-state index >= 15 is 0 Å². The SMILES string of the molecule is C=CC(=O)NCCNC(c1c(C)noc1C)c1nnnn1-c1ccc2c(c1)OCO2. The van der Waals surface area contributed by atoms with E-state index in [2.05, 4.69) is 37.9 Å². The Morgan fingerprint density at radius 3 is 2.90 bits per heavy atom. The highest BCUT2D eigenvalue weighted by Gasteiger charge is 2.28. The highest BCUT2D eigenvalue weighted by Crippen LogP contribution is 2.34. The maximum atomic E-state index is 11.4. The Balaban J connectivity index is 1.65. The van der Waals surface area contributed by atoms with Crippen LogP contribution in [0.15, 0.2) is 35.4 Å². The molecule has 11 heteroatoms. The van der Waals surface area contributed by atoms with E-state index in [9.17, 15) is 4.79 Å². The van der Waals surface area contributed by atoms with Crippen LogP contribution in [0.2, 0.25) is 0 Å². The molecule has 1 amide bonds. The Bertz CT molecular complexity index is 1060. The largest absolute Gasteiger partial charge is 0.454 e. The first kappa shape index (κ1) is 19.6. The standard InChI is InChI=1S/C19H21N7O4/c1-4-16(27)20-7-8-21-18(17-11(2)23-30-12(17)3)19-22-24-25-26(19)13-5-6-14-15(9-13)29-10-28-14/h4-6,9,18,21H,1,7-8,10H2,2-3H3,(H,20,27). The molecule has 1 unspecified atom stereocenters. The normalized spacial score (nSPS) is 13.3. The van der Waals surface area contributed by atoms with Crippen molar-refractivity contribution in [1.29, 1.82) is 0 Å². The number of benzene rings is 1. The number of ether oxygens (including phenoxy) is 2. The molecule has 0 saturated heterocycles. The average Bonchev–Trinajstić information content (AvgIpc) is 3.48. The monoisotopic (exact) mass is 411 g/mol. The van der Waals surface area contributed by atoms with Crippen LogP contribution in [0.25, 0.3) is 5.69 Å². The number of rotatable bonds is 8. The van der Waals surface area contributed by atoms with Crippen LogP contribution in [0.4, 0.5) is 0 Å². The Hall–Kier alpha value is -3.73. The molecule has 4 rings (SSSR count). The lowest BCUT2D eigenvalue weighted by molar-refractivity contribution is -0.116. The first-order chi connectivity index (χ1) is 14.6. The van der Waals surface area contributed by atoms with Gasteiger partial charge in [-0.2, -0.15) is 4.68 Å². The number of tetrazole rings is 1. The Labute approximate surface area is 172 Å². The van der Waals surface area contributed by atoms with Gasteiger partial charge in [-0.15, -0.1) is 5.10 Å². The van der Waals surface area contributed by atoms with E-state index in [4.69, 9.17) is 14.0 Å². The Morgan fingerprint density at radius 1 is 1.30 bits per heavy atom. The first-order valence-corrected chi connectivity index (χ1v) is 9.33. The molecule has 0 radical (unpaired) electrons. The molecule has 11 nitrogen and oxygen atoms in total. The molecule has 1 aliphatic heterocycles. The number of hydrogen-bond donors (Lipinski definition) is 2. The summed E-state index contributed by atoms with van der Waals surface area (Å²) in [5, 5.41) is 22.4. The smallest absolute Gasteiger partial charge is 0.243 e. The summed E-state index contributed by atoms with van der Waals surface area (Å²) in [6.07, 6.45) is 1.23. The number of nitrogens with one attached hydrogen (secondary N) is 2. The fraction of sp³-hybridized carbons (Fsp3) is 0.316. The predicted octanol–water partition coefficient (Wildman–Crippen LogP) is 0.977. The van der Waals surface area contributed by atoms with Crippen LogP contribution in [0.5, 0.6) is 11.5 Å². The van der Waals surface area contributed by atoms with Gasteiger partial charge in [-0.05, 0) is 42.5 Å². The minimum absolute atomic E-state index is 0.181. The van der Waals surface area contributed by atoms with Crippen LogP contribution < -0.4 is 20.1 Å². The van der Waals surface area contributed by atoms with Crippen LogP contribution in [-0.2, 0) is 4.79 Å². The van der Waals surface area contributed by atoms with Gasteiger partial charge in [-0.25, -0.2) is 0 Å². The molecule has 0 fully saturated rings. The van der Waals surface area contributed by atoms with Gasteiger partial charge in [-0.1, -0.05) is 11.7 Å². The van der Waals surface area contributed by atoms with Crippen molar-refractivity contribution in [1.82, 2.24) is 36.0 Å². The van der Waals surface area contributed by atoms with Gasteiger partial charge in [0.05, 0.1) is 11.4 Å². The van der Waals surface area contributed by atoms with Crippen molar-refractivity contribution in [3.8, 4) is 17.2 Å². The van der Waals surface area contributed by atoms with E-state index < -0.39 is 6.04 Å². The van der Waals surface area contributed by atoms with Gasteiger partial charge in [-0.3, -0.25) is 4.79 Å². The summed E-state index contributed by atoms with van der Waals surface area (Å²) in [7, 11) is 0. The van der Waals surface area contributed by atoms with Crippen molar-refractivity contribution in [3.63, 3.8) is 0 Å². The van der Waals surface area contributed by atoms with Crippen molar-refractivity contribution >= 4 is 5.91 Å². The average molecular weight is 411 g/mol. The van der Waals surface area contributed by atoms with Crippen LogP contribution in [0.3, 0.4) is 0 Å². The molecular weight excluding hydrogens is 390 g/mol. The molecule has 3 heterocycles. The summed E-state index contributed by atoms with van der Waals surface area (Å²) in [4.78, 5) is 11.4. The number of carbonyl (C=O) groups excluding carboxylic acids is 1. The van der Waals surface area contributed by atoms with E-state index in [1.807, 2.05) is 32.0 Å². The Kier molecular flexibility index (Phi) is 5.44. The lowest BCUT2D eigenvalue weighted by Crippen LogP contribution is -2.34. The molecule has 2 N–H and O–H groups in total. The minimum atomic E-state index is -0.419. The fourth-order valence-corrected chi connectivity index (χ4v) is 3.27. The predicted molar refractivity (Wildman–Crippen MR) is 104 cm³/mol. The molecule has 2 aromatic heterocycles. The third-order valence-electron chi connectivity index (χ3n) is 4.69. The zero-order chi connectivity index (χ0) is 21.1. The van der Waals surface area contributed by atoms with E-state index in [1.54, 1.807) is 4.68 Å². The highest BCUT2D eigenvalue weighted by atomic mass is 16.7. The van der Waals surface area contributed by atoms with Gasteiger partial charge >= 0.3 is 0 Å². The minimum Gasteiger partial charge on any atom is -0.454 e. The number of aryl methyl sites for hydroxylation is 2. The zero-order valence-corrected chi connectivity index (χ0v) is 16.6. The number of aromatic nitrogens is 5. The Morgan fingerprint density at radius 2 is 2.13 bits per heavy atom. The zero-order valence-electron chi connectivity index (χ0n) is 16.6. The molecule has 3 aromatic rings. The van der Waals surface area contributed by atoms with Crippen molar-refractivity contribution < 1.29 is 18.8 Å². The summed E-state index contributed by atoms with van der Waals surface area (Å²) >= 11 is 0. The lowest BCUT2D eigenvalue weighted by atomic mass is 10.0. The maximum Gasteiger partial charge on any atom is 0.243 e. The van der Waals surface area contributed by atoms with Gasteiger partial charge in [0.25, 0.3) is 0 Å². The van der Waals surface area contributed by atoms with E-state index in [-0.39, 0.29) is 12.7 Å². The molecule has 0 saturated carbocycles. The number of nitrogens with zero attached hydrogens (tertiary/aromatic N) is 5. The third kappa shape index (κ3) is 3.74. The first-order valence-electron chi connectivity index (χ1n) is 9.33. The molecule has 0 bridgehead atoms. The second-order valence-electron chi connectivity index (χ2n) is 6.61. The van der Waals surface area contributed by atoms with Crippen LogP contribution in [0.1, 0.15) is 28.9 Å². The van der Waals surface area contributed by atoms with E-state index in [0.29, 0.717) is 36.2 Å². The molecule has 1 atom stereocenters. The number of hydrogen-bond acceptors (Lipinski definition) is 9. The van der Waals surface area contributed by atoms with Gasteiger partial charge < -0.3 is 24.6 Å². The quantitative estimate of drug-likeness (QED) is 0.411. The lowest BCUT2D eigenvalue weighted by Gasteiger charge is -2.18. The second kappa shape index (κ2) is 8.33. The molecule has 30 heavy (non-hydrogen) atoms. The summed E-state index contributed by atoms with van der Waals surface area (Å²) < 4.78 is 17.8. The van der Waals surface area contributed by atoms with Crippen LogP contribution in [-0.4, -0.2) is 51.2 Å². The van der Waals surface area contributed by atoms with Crippen LogP contribution in [0, 0.1) is 13.8 Å². The van der Waals surface area contributed by atoms with Gasteiger partial charge in [0.2, 0.25) is 12.7 Å². The van der Waals surface area contributed by atoms with Crippen molar-refractivity contribution in [3.05, 3.63) is 53.7 Å². The highest BCUT2D eigenvalue weighted by molar-refractivity contribution is 5.86. The molecule has 0 spiro atoms. The third-order valence-corrected chi connectivity index (χ3v) is 4.69. The summed E-state index contributed by atoms with van der Waals surface area (Å²) in [5.41, 5.74) is 2.28. The summed E-state index contributed by atoms with van der Waals surface area (Å²) in [6, 6.07) is 5.06. The van der Waals surface area contributed by atoms with Gasteiger partial charge in [0.1, 0.15) is 11.8 Å². The fourth-order valence-electron chi connectivity index (χ4n) is 3.27. The van der Waals surface area contributed by atoms with Crippen molar-refractivity contribution in [2.45, 2.75) is 19.9 Å². The van der Waals surface area contributed by atoms with Gasteiger partial charge in [0.15, 0.2) is 17.3 Å². The number of amides is 1. The molecule has 0 aliphatic carbocycles. The summed E-state index contributed by atoms with van der Waals surface area (Å²) in [5.74, 6) is 2.25. The number of carbonyl (C=O) groups is 1. The maximum absolute atomic E-state index is 11.4. The molecular formula is C19H21N7O4. The van der Waals surface area contributed by atoms with E-state index in [1.165, 1.54) is 6.08 Å². The molecule has 156 valence electrons. The van der Waals surface area contributed by atoms with Crippen molar-refractivity contribution in [2.75, 3.05) is 19.9 Å². The van der Waals surface area contributed by atoms with Gasteiger partial charge in [0, 0.05) is 24.7 Å². The topological polar surface area (TPSA) is 129 Å². The second-order valence-corrected chi connectivity index (χ2v) is 6.61. The van der Waals surface area contributed by atoms with E-state index in [0.717, 1.165) is 16.9 Å². The number of fused-ring (bicyclic) bond motifs is 1. The summed E-state index contributed by atoms with van der Waals surface area (Å²) in [6.45, 7) is 8.18. The molecule has 1 aromatic carbocycles. The van der Waals surface area contributed by atoms with Crippen molar-refractivity contribution in [2.24, 2.45) is 0 Å². The van der Waals surface area contributed by atoms with Crippen LogP contribution >= 0.6 is 0 Å².